The summed E-state index contributed by atoms with van der Waals surface area (Å²) < 4.78 is 62.7. The maximum Gasteiger partial charge on any atom is 0.187 e. The standard InChI is InChI=1S/C48H82O37S4/c49-1-9-17(57)18(58)30(70)45(79-9)87-38-14(6-54)76-42(27(67)23(38)63)84-35-11(3-51)81-47(32(72)20(35)60)89-40-16(8-56)78-44(29(69)25(40)65)85-36-12(4-52)82-48(33(73)21(36)61)88-39-15(7-55)77-43(28(68)24(39)64)83-34-10(2-50)80-46(31(71)19(34)59)86-37-13(5-53)75-41(74)26(66)22(37)62/h9-74H,1-8H2/t9-,10-,11-,12-,13-,14-,15-,16-,17-,18+,19-,20-,21-,22-,23-,24-,25-,26-,27-,28-,29-,30-,31-,32-,33-,34-,35-,36-,37-,38-,39-,40-,41-,42+,43+,44+,45+,46+,47+,48+/m1/s1. The normalized spacial score (nSPS) is 53.6. The van der Waals surface area contributed by atoms with Gasteiger partial charge in [0.2, 0.25) is 0 Å². The molecule has 0 aromatic heterocycles. The van der Waals surface area contributed by atoms with Gasteiger partial charge in [-0.1, -0.05) is 0 Å². The van der Waals surface area contributed by atoms with Crippen LogP contribution >= 0.6 is 47.0 Å². The minimum Gasteiger partial charge on any atom is -0.394 e. The van der Waals surface area contributed by atoms with Gasteiger partial charge >= 0.3 is 0 Å². The number of ether oxygens (including phenoxy) is 11. The molecule has 8 aliphatic heterocycles. The van der Waals surface area contributed by atoms with E-state index in [1.807, 2.05) is 0 Å². The van der Waals surface area contributed by atoms with Crippen molar-refractivity contribution in [2.75, 3.05) is 52.9 Å². The van der Waals surface area contributed by atoms with E-state index in [2.05, 4.69) is 0 Å². The highest BCUT2D eigenvalue weighted by atomic mass is 32.2. The molecule has 0 aliphatic carbocycles. The van der Waals surface area contributed by atoms with Crippen LogP contribution in [-0.4, -0.2) is 424 Å². The number of aliphatic hydroxyl groups excluding tert-OH is 26. The van der Waals surface area contributed by atoms with Crippen LogP contribution in [0.4, 0.5) is 0 Å². The van der Waals surface area contributed by atoms with Crippen molar-refractivity contribution < 1.29 is 185 Å². The first-order valence-corrected chi connectivity index (χ1v) is 32.0. The summed E-state index contributed by atoms with van der Waals surface area (Å²) in [6.07, 6.45) is -58.1. The Hall–Kier alpha value is -0.0800. The van der Waals surface area contributed by atoms with Gasteiger partial charge in [0.05, 0.1) is 123 Å². The Kier molecular flexibility index (Phi) is 27.3. The average molecular weight is 1380 g/mol. The predicted octanol–water partition coefficient (Wildman–Crippen LogP) is -15.6. The fourth-order valence-corrected chi connectivity index (χ4v) is 17.4. The Balaban J connectivity index is 0.850. The highest BCUT2D eigenvalue weighted by Gasteiger charge is 2.59. The third kappa shape index (κ3) is 15.6. The summed E-state index contributed by atoms with van der Waals surface area (Å²) in [5.74, 6) is 0. The fourth-order valence-electron chi connectivity index (χ4n) is 11.5. The van der Waals surface area contributed by atoms with Crippen LogP contribution in [0.1, 0.15) is 0 Å². The molecule has 0 unspecified atom stereocenters. The topological polar surface area (TPSA) is 628 Å². The lowest BCUT2D eigenvalue weighted by Gasteiger charge is -2.50. The lowest BCUT2D eigenvalue weighted by molar-refractivity contribution is -0.322. The number of rotatable bonds is 22. The molecule has 89 heavy (non-hydrogen) atoms. The monoisotopic (exact) mass is 1380 g/mol. The van der Waals surface area contributed by atoms with E-state index in [1.54, 1.807) is 0 Å². The van der Waals surface area contributed by atoms with Crippen molar-refractivity contribution in [1.82, 2.24) is 0 Å². The molecule has 26 N–H and O–H groups in total. The molecule has 0 aromatic rings. The van der Waals surface area contributed by atoms with Gasteiger partial charge in [-0.2, -0.15) is 0 Å². The summed E-state index contributed by atoms with van der Waals surface area (Å²) in [5, 5.41) is 274. The van der Waals surface area contributed by atoms with Gasteiger partial charge in [0.15, 0.2) is 25.2 Å². The van der Waals surface area contributed by atoms with Crippen molar-refractivity contribution in [3.05, 3.63) is 0 Å². The maximum atomic E-state index is 11.5. The Labute approximate surface area is 521 Å². The molecule has 0 bridgehead atoms. The first kappa shape index (κ1) is 74.7. The van der Waals surface area contributed by atoms with E-state index in [1.165, 1.54) is 0 Å². The van der Waals surface area contributed by atoms with Gasteiger partial charge in [0.1, 0.15) is 144 Å². The molecule has 0 amide bonds. The molecule has 0 spiro atoms. The van der Waals surface area contributed by atoms with Crippen molar-refractivity contribution in [3.8, 4) is 0 Å². The van der Waals surface area contributed by atoms with Gasteiger partial charge in [-0.15, -0.1) is 47.0 Å². The van der Waals surface area contributed by atoms with Gasteiger partial charge in [0.25, 0.3) is 0 Å². The van der Waals surface area contributed by atoms with Crippen molar-refractivity contribution in [2.45, 2.75) is 239 Å². The largest absolute Gasteiger partial charge is 0.394 e. The van der Waals surface area contributed by atoms with Crippen LogP contribution in [0.25, 0.3) is 0 Å². The molecule has 0 aromatic carbocycles. The summed E-state index contributed by atoms with van der Waals surface area (Å²) >= 11 is 2.15. The lowest BCUT2D eigenvalue weighted by Crippen LogP contribution is -2.66. The summed E-state index contributed by atoms with van der Waals surface area (Å²) in [7, 11) is 0. The first-order chi connectivity index (χ1) is 42.2. The third-order valence-electron chi connectivity index (χ3n) is 16.7. The van der Waals surface area contributed by atoms with Crippen molar-refractivity contribution >= 4 is 47.0 Å². The summed E-state index contributed by atoms with van der Waals surface area (Å²) in [4.78, 5) is 0. The Morgan fingerprint density at radius 2 is 0.449 bits per heavy atom. The second-order valence-electron chi connectivity index (χ2n) is 22.4. The molecule has 520 valence electrons. The molecule has 37 nitrogen and oxygen atoms in total. The number of hydrogen-bond acceptors (Lipinski definition) is 41. The van der Waals surface area contributed by atoms with Crippen molar-refractivity contribution in [2.24, 2.45) is 0 Å². The summed E-state index contributed by atoms with van der Waals surface area (Å²) in [6.45, 7) is -7.19. The van der Waals surface area contributed by atoms with Gasteiger partial charge in [-0.3, -0.25) is 0 Å². The lowest BCUT2D eigenvalue weighted by atomic mass is 9.98. The highest BCUT2D eigenvalue weighted by Crippen LogP contribution is 2.45. The van der Waals surface area contributed by atoms with Crippen LogP contribution in [0, 0.1) is 0 Å². The van der Waals surface area contributed by atoms with Crippen LogP contribution in [0.2, 0.25) is 0 Å². The van der Waals surface area contributed by atoms with E-state index < -0.39 is 292 Å². The first-order valence-electron chi connectivity index (χ1n) is 28.2. The zero-order valence-electron chi connectivity index (χ0n) is 46.5. The average Bonchev–Trinajstić information content (AvgIpc) is 1.20. The second kappa shape index (κ2) is 32.5. The highest BCUT2D eigenvalue weighted by molar-refractivity contribution is 8.01. The molecule has 8 heterocycles. The minimum absolute atomic E-state index is 0.493. The van der Waals surface area contributed by atoms with Gasteiger partial charge in [-0.05, 0) is 0 Å². The molecular formula is C48H82O37S4. The molecule has 41 heteroatoms. The Morgan fingerprint density at radius 3 is 0.719 bits per heavy atom. The second-order valence-corrected chi connectivity index (χ2v) is 27.5. The van der Waals surface area contributed by atoms with Crippen LogP contribution < -0.4 is 0 Å². The molecule has 0 saturated carbocycles. The third-order valence-corrected chi connectivity index (χ3v) is 22.9. The van der Waals surface area contributed by atoms with E-state index in [0.29, 0.717) is 47.0 Å². The number of thioether (sulfide) groups is 4. The van der Waals surface area contributed by atoms with Crippen molar-refractivity contribution in [3.63, 3.8) is 0 Å². The molecule has 0 radical (unpaired) electrons. The van der Waals surface area contributed by atoms with Crippen LogP contribution in [0.3, 0.4) is 0 Å². The van der Waals surface area contributed by atoms with E-state index in [0.717, 1.165) is 0 Å². The molecule has 8 rings (SSSR count). The molecule has 8 aliphatic rings. The van der Waals surface area contributed by atoms with Gasteiger partial charge in [0, 0.05) is 0 Å². The summed E-state index contributed by atoms with van der Waals surface area (Å²) in [6, 6.07) is 0. The predicted molar refractivity (Wildman–Crippen MR) is 290 cm³/mol. The molecule has 8 saturated heterocycles. The Morgan fingerprint density at radius 1 is 0.213 bits per heavy atom. The van der Waals surface area contributed by atoms with E-state index in [9.17, 15) is 133 Å². The van der Waals surface area contributed by atoms with E-state index >= 15 is 0 Å². The van der Waals surface area contributed by atoms with Crippen LogP contribution in [0.15, 0.2) is 0 Å². The van der Waals surface area contributed by atoms with E-state index in [-0.39, 0.29) is 0 Å². The van der Waals surface area contributed by atoms with Crippen LogP contribution in [0.5, 0.6) is 0 Å². The van der Waals surface area contributed by atoms with Gasteiger partial charge in [-0.25, -0.2) is 0 Å². The molecule has 40 atom stereocenters. The van der Waals surface area contributed by atoms with Crippen molar-refractivity contribution in [1.29, 1.82) is 0 Å². The molecule has 8 fully saturated rings. The van der Waals surface area contributed by atoms with E-state index in [4.69, 9.17) is 52.1 Å². The molecular weight excluding hydrogens is 1300 g/mol. The quantitative estimate of drug-likeness (QED) is 0.0479. The summed E-state index contributed by atoms with van der Waals surface area (Å²) in [5.41, 5.74) is -6.25. The SMILES string of the molecule is OC[C@H]1O[C@@H](S[C@H]2[C@H](O)[C@@H](O)[C@H](O[C@H]3[C@H](O)[C@@H](O)[C@H](S[C@H]4[C@H](O)[C@@H](O)[C@H](O[C@H]5[C@H](O)[C@@H](O)[C@H](S[C@H]6[C@H](O)[C@@H](O)[C@H](O[C@H]7[C@H](O)[C@@H](O)[C@H](S[C@H]8[C@H](O)[C@@H](O)[C@H](O)O[C@@H]8CO)O[C@@H]7CO)O[C@@H]6CO)O[C@@H]5CO)O[C@@H]4CO)O[C@@H]3CO)O[C@@H]2CO)[C@H](O)[C@@H](O)[C@@H]1O. The van der Waals surface area contributed by atoms with Gasteiger partial charge < -0.3 is 185 Å². The zero-order valence-corrected chi connectivity index (χ0v) is 49.8. The smallest absolute Gasteiger partial charge is 0.187 e. The fraction of sp³-hybridized carbons (Fsp3) is 1.00. The number of aliphatic hydroxyl groups is 26. The Bertz CT molecular complexity index is 2140. The maximum absolute atomic E-state index is 11.5. The minimum atomic E-state index is -2.12. The van der Waals surface area contributed by atoms with Crippen LogP contribution in [-0.2, 0) is 52.1 Å². The zero-order chi connectivity index (χ0) is 65.4. The number of hydrogen-bond donors (Lipinski definition) is 26.